The summed E-state index contributed by atoms with van der Waals surface area (Å²) in [5.74, 6) is -7.45. The number of aliphatic carboxylic acids is 2. The molecule has 0 rings (SSSR count). The Kier molecular flexibility index (Phi) is 14.1. The zero-order chi connectivity index (χ0) is 28.2. The van der Waals surface area contributed by atoms with Crippen LogP contribution < -0.4 is 27.0 Å². The molecule has 0 spiro atoms. The minimum Gasteiger partial charge on any atom is -0.481 e. The molecule has 0 aliphatic heterocycles. The molecular formula is C19H33N5O12. The first-order valence-electron chi connectivity index (χ1n) is 10.7. The van der Waals surface area contributed by atoms with Crippen molar-refractivity contribution in [3.8, 4) is 0 Å². The molecule has 0 saturated heterocycles. The van der Waals surface area contributed by atoms with Crippen molar-refractivity contribution < 1.29 is 59.4 Å². The van der Waals surface area contributed by atoms with Gasteiger partial charge in [0.1, 0.15) is 24.2 Å². The third-order valence-electron chi connectivity index (χ3n) is 4.78. The number of carboxylic acids is 2. The summed E-state index contributed by atoms with van der Waals surface area (Å²) in [7, 11) is 0. The van der Waals surface area contributed by atoms with Crippen LogP contribution in [0.3, 0.4) is 0 Å². The molecule has 0 aromatic heterocycles. The molecule has 4 amide bonds. The van der Waals surface area contributed by atoms with Crippen LogP contribution in [0.15, 0.2) is 0 Å². The molecule has 0 saturated carbocycles. The van der Waals surface area contributed by atoms with E-state index in [1.54, 1.807) is 0 Å². The summed E-state index contributed by atoms with van der Waals surface area (Å²) in [6.45, 7) is 0.288. The first-order chi connectivity index (χ1) is 16.7. The van der Waals surface area contributed by atoms with Gasteiger partial charge in [0.05, 0.1) is 25.4 Å². The molecule has 0 heterocycles. The number of amides is 4. The van der Waals surface area contributed by atoms with E-state index >= 15 is 0 Å². The largest absolute Gasteiger partial charge is 0.481 e. The number of rotatable bonds is 16. The average Bonchev–Trinajstić information content (AvgIpc) is 2.79. The Morgan fingerprint density at radius 2 is 1.11 bits per heavy atom. The summed E-state index contributed by atoms with van der Waals surface area (Å²) in [5, 5.41) is 63.8. The molecular weight excluding hydrogens is 490 g/mol. The average molecular weight is 523 g/mol. The molecule has 17 heteroatoms. The van der Waals surface area contributed by atoms with E-state index < -0.39 is 104 Å². The zero-order valence-electron chi connectivity index (χ0n) is 19.6. The summed E-state index contributed by atoms with van der Waals surface area (Å²) >= 11 is 0. The van der Waals surface area contributed by atoms with Crippen molar-refractivity contribution in [2.24, 2.45) is 5.73 Å². The molecule has 0 aliphatic carbocycles. The van der Waals surface area contributed by atoms with Gasteiger partial charge in [0.2, 0.25) is 23.6 Å². The maximum Gasteiger partial charge on any atom is 0.328 e. The van der Waals surface area contributed by atoms with Gasteiger partial charge < -0.3 is 57.6 Å². The van der Waals surface area contributed by atoms with Gasteiger partial charge in [-0.25, -0.2) is 4.79 Å². The van der Waals surface area contributed by atoms with Crippen molar-refractivity contribution in [1.82, 2.24) is 21.3 Å². The Labute approximate surface area is 205 Å². The minimum absolute atomic E-state index is 0.516. The predicted molar refractivity (Wildman–Crippen MR) is 118 cm³/mol. The standard InChI is InChI=1S/C19H33N5O12/c1-7(27)13(20)18(34)23-10(5-25)16(32)21-9(3-4-12(29)30)15(31)22-11(6-26)17(33)24-14(8(2)28)19(35)36/h7-11,13-14,25-28H,3-6,20H2,1-2H3,(H,21,32)(H,22,31)(H,23,34)(H,24,33)(H,29,30)(H,35,36)/t7-,8-,9+,10+,11+,13+,14+/m1/s1. The van der Waals surface area contributed by atoms with Gasteiger partial charge in [-0.1, -0.05) is 0 Å². The maximum absolute atomic E-state index is 12.7. The second-order valence-electron chi connectivity index (χ2n) is 7.81. The molecule has 0 aliphatic rings. The van der Waals surface area contributed by atoms with Gasteiger partial charge in [0, 0.05) is 6.42 Å². The highest BCUT2D eigenvalue weighted by Crippen LogP contribution is 2.02. The molecule has 206 valence electrons. The lowest BCUT2D eigenvalue weighted by atomic mass is 10.1. The minimum atomic E-state index is -1.77. The van der Waals surface area contributed by atoms with Crippen LogP contribution in [-0.4, -0.2) is 122 Å². The van der Waals surface area contributed by atoms with Crippen molar-refractivity contribution in [1.29, 1.82) is 0 Å². The Bertz CT molecular complexity index is 806. The van der Waals surface area contributed by atoms with Gasteiger partial charge in [-0.3, -0.25) is 24.0 Å². The lowest BCUT2D eigenvalue weighted by Gasteiger charge is -2.25. The van der Waals surface area contributed by atoms with Crippen molar-refractivity contribution in [3.63, 3.8) is 0 Å². The van der Waals surface area contributed by atoms with E-state index in [1.807, 2.05) is 10.6 Å². The Morgan fingerprint density at radius 3 is 1.50 bits per heavy atom. The fourth-order valence-corrected chi connectivity index (χ4v) is 2.60. The van der Waals surface area contributed by atoms with E-state index in [2.05, 4.69) is 10.6 Å². The third-order valence-corrected chi connectivity index (χ3v) is 4.78. The van der Waals surface area contributed by atoms with Crippen LogP contribution >= 0.6 is 0 Å². The number of aliphatic hydroxyl groups is 4. The smallest absolute Gasteiger partial charge is 0.328 e. The fraction of sp³-hybridized carbons (Fsp3) is 0.684. The first-order valence-corrected chi connectivity index (χ1v) is 10.7. The number of aliphatic hydroxyl groups excluding tert-OH is 4. The van der Waals surface area contributed by atoms with Crippen LogP contribution in [0.25, 0.3) is 0 Å². The van der Waals surface area contributed by atoms with Gasteiger partial charge in [-0.15, -0.1) is 0 Å². The van der Waals surface area contributed by atoms with Crippen molar-refractivity contribution in [2.75, 3.05) is 13.2 Å². The highest BCUT2D eigenvalue weighted by atomic mass is 16.4. The summed E-state index contributed by atoms with van der Waals surface area (Å²) in [6, 6.07) is -8.26. The normalized spacial score (nSPS) is 16.8. The molecule has 0 fully saturated rings. The van der Waals surface area contributed by atoms with Crippen LogP contribution in [0.2, 0.25) is 0 Å². The summed E-state index contributed by atoms with van der Waals surface area (Å²) in [4.78, 5) is 71.5. The Balaban J connectivity index is 5.53. The highest BCUT2D eigenvalue weighted by Gasteiger charge is 2.33. The van der Waals surface area contributed by atoms with Crippen LogP contribution in [0, 0.1) is 0 Å². The van der Waals surface area contributed by atoms with Crippen LogP contribution in [0.4, 0.5) is 0 Å². The zero-order valence-corrected chi connectivity index (χ0v) is 19.6. The lowest BCUT2D eigenvalue weighted by Crippen LogP contribution is -2.60. The molecule has 0 aromatic carbocycles. The fourth-order valence-electron chi connectivity index (χ4n) is 2.60. The van der Waals surface area contributed by atoms with Gasteiger partial charge in [-0.05, 0) is 20.3 Å². The molecule has 36 heavy (non-hydrogen) atoms. The predicted octanol–water partition coefficient (Wildman–Crippen LogP) is -6.05. The van der Waals surface area contributed by atoms with Crippen LogP contribution in [0.5, 0.6) is 0 Å². The number of hydrogen-bond acceptors (Lipinski definition) is 11. The van der Waals surface area contributed by atoms with Gasteiger partial charge in [0.15, 0.2) is 6.04 Å². The van der Waals surface area contributed by atoms with E-state index in [1.165, 1.54) is 6.92 Å². The number of nitrogens with two attached hydrogens (primary N) is 1. The lowest BCUT2D eigenvalue weighted by molar-refractivity contribution is -0.145. The number of carbonyl (C=O) groups excluding carboxylic acids is 4. The molecule has 0 bridgehead atoms. The van der Waals surface area contributed by atoms with Crippen molar-refractivity contribution >= 4 is 35.6 Å². The highest BCUT2D eigenvalue weighted by molar-refractivity contribution is 5.95. The third kappa shape index (κ3) is 10.9. The molecule has 17 nitrogen and oxygen atoms in total. The maximum atomic E-state index is 12.7. The van der Waals surface area contributed by atoms with Gasteiger partial charge in [0.25, 0.3) is 0 Å². The molecule has 7 atom stereocenters. The number of carbonyl (C=O) groups is 6. The second kappa shape index (κ2) is 15.6. The molecule has 0 unspecified atom stereocenters. The van der Waals surface area contributed by atoms with Gasteiger partial charge >= 0.3 is 11.9 Å². The number of hydrogen-bond donors (Lipinski definition) is 11. The first kappa shape index (κ1) is 32.6. The quantitative estimate of drug-likeness (QED) is 0.0898. The van der Waals surface area contributed by atoms with Crippen LogP contribution in [-0.2, 0) is 28.8 Å². The van der Waals surface area contributed by atoms with E-state index in [0.717, 1.165) is 6.92 Å². The Hall–Kier alpha value is -3.38. The monoisotopic (exact) mass is 523 g/mol. The molecule has 0 radical (unpaired) electrons. The van der Waals surface area contributed by atoms with Crippen molar-refractivity contribution in [2.45, 2.75) is 69.1 Å². The van der Waals surface area contributed by atoms with E-state index in [0.29, 0.717) is 0 Å². The summed E-state index contributed by atoms with van der Waals surface area (Å²) in [6.07, 6.45) is -3.98. The topological polar surface area (TPSA) is 298 Å². The number of carboxylic acid groups (broad SMARTS) is 2. The van der Waals surface area contributed by atoms with E-state index in [9.17, 15) is 49.2 Å². The Morgan fingerprint density at radius 1 is 0.694 bits per heavy atom. The SMILES string of the molecule is C[C@@H](O)[C@H](N)C(=O)N[C@@H](CO)C(=O)N[C@@H](CCC(=O)O)C(=O)N[C@@H](CO)C(=O)N[C@H](C(=O)O)[C@@H](C)O. The molecule has 0 aromatic rings. The van der Waals surface area contributed by atoms with Gasteiger partial charge in [-0.2, -0.15) is 0 Å². The summed E-state index contributed by atoms with van der Waals surface area (Å²) < 4.78 is 0. The molecule has 12 N–H and O–H groups in total. The van der Waals surface area contributed by atoms with Crippen LogP contribution in [0.1, 0.15) is 26.7 Å². The summed E-state index contributed by atoms with van der Waals surface area (Å²) in [5.41, 5.74) is 5.45. The van der Waals surface area contributed by atoms with E-state index in [-0.39, 0.29) is 0 Å². The van der Waals surface area contributed by atoms with E-state index in [4.69, 9.17) is 15.9 Å². The second-order valence-corrected chi connectivity index (χ2v) is 7.81. The number of nitrogens with one attached hydrogen (secondary N) is 4. The van der Waals surface area contributed by atoms with Crippen molar-refractivity contribution in [3.05, 3.63) is 0 Å².